The van der Waals surface area contributed by atoms with Crippen LogP contribution in [0.5, 0.6) is 0 Å². The lowest BCUT2D eigenvalue weighted by molar-refractivity contribution is -0.141. The number of carbonyl (C=O) groups excluding carboxylic acids is 2. The van der Waals surface area contributed by atoms with E-state index in [9.17, 15) is 22.8 Å². The maximum atomic E-state index is 12.7. The summed E-state index contributed by atoms with van der Waals surface area (Å²) >= 11 is 0. The summed E-state index contributed by atoms with van der Waals surface area (Å²) in [5, 5.41) is 2.33. The number of aromatic nitrogens is 1. The molecule has 5 nitrogen and oxygen atoms in total. The van der Waals surface area contributed by atoms with E-state index >= 15 is 0 Å². The summed E-state index contributed by atoms with van der Waals surface area (Å²) in [7, 11) is 0. The monoisotopic (exact) mass is 318 g/mol. The number of halogens is 3. The normalized spacial score (nSPS) is 12.0. The minimum Gasteiger partial charge on any atom is -0.444 e. The number of nitrogens with zero attached hydrogens (tertiary/aromatic N) is 1. The van der Waals surface area contributed by atoms with Crippen LogP contribution in [0.25, 0.3) is 0 Å². The van der Waals surface area contributed by atoms with Gasteiger partial charge in [-0.3, -0.25) is 4.79 Å². The number of hydrogen-bond acceptors (Lipinski definition) is 4. The highest BCUT2D eigenvalue weighted by Crippen LogP contribution is 2.28. The van der Waals surface area contributed by atoms with E-state index in [1.165, 1.54) is 6.07 Å². The van der Waals surface area contributed by atoms with Crippen molar-refractivity contribution in [2.45, 2.75) is 46.0 Å². The molecule has 0 spiro atoms. The summed E-state index contributed by atoms with van der Waals surface area (Å²) < 4.78 is 43.2. The Morgan fingerprint density at radius 3 is 2.27 bits per heavy atom. The van der Waals surface area contributed by atoms with Crippen LogP contribution in [-0.2, 0) is 17.5 Å². The molecule has 0 saturated heterocycles. The van der Waals surface area contributed by atoms with Gasteiger partial charge in [-0.05, 0) is 38.5 Å². The second-order valence-corrected chi connectivity index (χ2v) is 5.66. The third-order valence-electron chi connectivity index (χ3n) is 2.37. The fourth-order valence-electron chi connectivity index (χ4n) is 1.50. The number of amides is 1. The van der Waals surface area contributed by atoms with Gasteiger partial charge in [0.05, 0.1) is 0 Å². The highest BCUT2D eigenvalue weighted by Gasteiger charge is 2.33. The molecule has 0 saturated carbocycles. The number of rotatable bonds is 3. The van der Waals surface area contributed by atoms with Crippen LogP contribution in [0.1, 0.15) is 49.4 Å². The van der Waals surface area contributed by atoms with Gasteiger partial charge in [0.15, 0.2) is 5.78 Å². The Balaban J connectivity index is 2.93. The van der Waals surface area contributed by atoms with E-state index in [0.717, 1.165) is 13.0 Å². The molecule has 1 aromatic heterocycles. The fraction of sp³-hybridized carbons (Fsp3) is 0.500. The van der Waals surface area contributed by atoms with Crippen LogP contribution in [0.3, 0.4) is 0 Å². The average molecular weight is 318 g/mol. The molecule has 0 unspecified atom stereocenters. The largest absolute Gasteiger partial charge is 0.444 e. The average Bonchev–Trinajstić information content (AvgIpc) is 2.33. The molecule has 0 aliphatic carbocycles. The van der Waals surface area contributed by atoms with Crippen LogP contribution in [0.2, 0.25) is 0 Å². The molecule has 0 aliphatic rings. The summed E-state index contributed by atoms with van der Waals surface area (Å²) in [4.78, 5) is 26.0. The molecule has 8 heteroatoms. The number of Topliss-reactive ketones (excluding diaryl/α,β-unsaturated/α-hetero) is 1. The van der Waals surface area contributed by atoms with Gasteiger partial charge in [-0.2, -0.15) is 13.2 Å². The Morgan fingerprint density at radius 2 is 1.82 bits per heavy atom. The first-order valence-corrected chi connectivity index (χ1v) is 6.44. The van der Waals surface area contributed by atoms with Gasteiger partial charge < -0.3 is 10.1 Å². The van der Waals surface area contributed by atoms with E-state index in [1.54, 1.807) is 20.8 Å². The van der Waals surface area contributed by atoms with Gasteiger partial charge in [0.25, 0.3) is 0 Å². The number of hydrogen-bond donors (Lipinski definition) is 1. The smallest absolute Gasteiger partial charge is 0.433 e. The highest BCUT2D eigenvalue weighted by atomic mass is 19.4. The van der Waals surface area contributed by atoms with Crippen LogP contribution < -0.4 is 5.32 Å². The van der Waals surface area contributed by atoms with Crippen molar-refractivity contribution < 1.29 is 27.5 Å². The third-order valence-corrected chi connectivity index (χ3v) is 2.37. The molecular weight excluding hydrogens is 301 g/mol. The minimum atomic E-state index is -4.67. The molecule has 1 aromatic rings. The zero-order valence-electron chi connectivity index (χ0n) is 12.7. The molecule has 0 bridgehead atoms. The Kier molecular flexibility index (Phi) is 5.16. The zero-order valence-corrected chi connectivity index (χ0v) is 12.7. The fourth-order valence-corrected chi connectivity index (χ4v) is 1.50. The van der Waals surface area contributed by atoms with Gasteiger partial charge in [0.1, 0.15) is 17.0 Å². The number of nitrogens with one attached hydrogen (secondary N) is 1. The summed E-state index contributed by atoms with van der Waals surface area (Å²) in [6, 6.07) is 1.98. The lowest BCUT2D eigenvalue weighted by Crippen LogP contribution is -2.32. The predicted octanol–water partition coefficient (Wildman–Crippen LogP) is 3.33. The molecule has 1 rings (SSSR count). The van der Waals surface area contributed by atoms with Gasteiger partial charge in [-0.25, -0.2) is 9.78 Å². The van der Waals surface area contributed by atoms with Crippen molar-refractivity contribution in [2.24, 2.45) is 0 Å². The zero-order chi connectivity index (χ0) is 17.1. The lowest BCUT2D eigenvalue weighted by Gasteiger charge is -2.19. The minimum absolute atomic E-state index is 0.110. The number of alkyl carbamates (subject to hydrolysis) is 1. The van der Waals surface area contributed by atoms with E-state index in [2.05, 4.69) is 10.3 Å². The van der Waals surface area contributed by atoms with Crippen LogP contribution in [0, 0.1) is 0 Å². The molecular formula is C14H17F3N2O3. The predicted molar refractivity (Wildman–Crippen MR) is 72.3 cm³/mol. The van der Waals surface area contributed by atoms with Crippen LogP contribution in [-0.4, -0.2) is 22.5 Å². The number of carbonyl (C=O) groups is 2. The molecule has 22 heavy (non-hydrogen) atoms. The van der Waals surface area contributed by atoms with Crippen molar-refractivity contribution >= 4 is 11.9 Å². The molecule has 122 valence electrons. The van der Waals surface area contributed by atoms with Crippen LogP contribution in [0.15, 0.2) is 12.1 Å². The first kappa shape index (κ1) is 17.9. The molecule has 1 amide bonds. The lowest BCUT2D eigenvalue weighted by atomic mass is 10.1. The number of ketones is 1. The number of alkyl halides is 3. The van der Waals surface area contributed by atoms with Crippen molar-refractivity contribution in [3.63, 3.8) is 0 Å². The first-order chi connectivity index (χ1) is 9.88. The second-order valence-electron chi connectivity index (χ2n) is 5.66. The summed E-state index contributed by atoms with van der Waals surface area (Å²) in [6.07, 6.45) is -5.44. The van der Waals surface area contributed by atoms with E-state index in [4.69, 9.17) is 4.74 Å². The Morgan fingerprint density at radius 1 is 1.23 bits per heavy atom. The first-order valence-electron chi connectivity index (χ1n) is 6.44. The summed E-state index contributed by atoms with van der Waals surface area (Å²) in [6.45, 7) is 5.90. The van der Waals surface area contributed by atoms with E-state index in [0.29, 0.717) is 0 Å². The standard InChI is InChI=1S/C14H17F3N2O3/c1-8(20)10-5-9(6-11(19-10)14(15,16)17)7-18-12(21)22-13(2,3)4/h5-6H,7H2,1-4H3,(H,18,21). The number of pyridine rings is 1. The highest BCUT2D eigenvalue weighted by molar-refractivity contribution is 5.92. The van der Waals surface area contributed by atoms with Crippen molar-refractivity contribution in [3.05, 3.63) is 29.1 Å². The summed E-state index contributed by atoms with van der Waals surface area (Å²) in [5.74, 6) is -0.593. The van der Waals surface area contributed by atoms with Gasteiger partial charge in [0.2, 0.25) is 0 Å². The van der Waals surface area contributed by atoms with E-state index in [-0.39, 0.29) is 17.8 Å². The van der Waals surface area contributed by atoms with Gasteiger partial charge >= 0.3 is 12.3 Å². The van der Waals surface area contributed by atoms with Crippen molar-refractivity contribution in [1.29, 1.82) is 0 Å². The maximum absolute atomic E-state index is 12.7. The maximum Gasteiger partial charge on any atom is 0.433 e. The Labute approximate surface area is 125 Å². The molecule has 0 aliphatic heterocycles. The molecule has 1 N–H and O–H groups in total. The summed E-state index contributed by atoms with van der Waals surface area (Å²) in [5.41, 5.74) is -2.10. The van der Waals surface area contributed by atoms with E-state index in [1.807, 2.05) is 0 Å². The third kappa shape index (κ3) is 5.71. The molecule has 0 aromatic carbocycles. The Bertz CT molecular complexity index is 578. The van der Waals surface area contributed by atoms with Gasteiger partial charge in [0, 0.05) is 13.5 Å². The van der Waals surface area contributed by atoms with Crippen LogP contribution in [0.4, 0.5) is 18.0 Å². The SMILES string of the molecule is CC(=O)c1cc(CNC(=O)OC(C)(C)C)cc(C(F)(F)F)n1. The topological polar surface area (TPSA) is 68.3 Å². The Hall–Kier alpha value is -2.12. The van der Waals surface area contributed by atoms with Crippen molar-refractivity contribution in [2.75, 3.05) is 0 Å². The molecule has 0 radical (unpaired) electrons. The quantitative estimate of drug-likeness (QED) is 0.868. The van der Waals surface area contributed by atoms with Crippen molar-refractivity contribution in [3.8, 4) is 0 Å². The van der Waals surface area contributed by atoms with Crippen molar-refractivity contribution in [1.82, 2.24) is 10.3 Å². The van der Waals surface area contributed by atoms with Crippen LogP contribution >= 0.6 is 0 Å². The van der Waals surface area contributed by atoms with Gasteiger partial charge in [-0.1, -0.05) is 0 Å². The number of ether oxygens (including phenoxy) is 1. The van der Waals surface area contributed by atoms with E-state index < -0.39 is 29.3 Å². The molecule has 0 fully saturated rings. The second kappa shape index (κ2) is 6.33. The van der Waals surface area contributed by atoms with Gasteiger partial charge in [-0.15, -0.1) is 0 Å². The molecule has 1 heterocycles. The molecule has 0 atom stereocenters.